The SMILES string of the molecule is C[C@]1(c2cccc(C#N)c2)NC(=O)N(Cc2csc(-c3ccco3)n2)C1=O. The number of imide groups is 1. The van der Waals surface area contributed by atoms with Gasteiger partial charge in [-0.1, -0.05) is 12.1 Å². The highest BCUT2D eigenvalue weighted by Gasteiger charge is 2.49. The van der Waals surface area contributed by atoms with Gasteiger partial charge in [0.25, 0.3) is 5.91 Å². The zero-order valence-corrected chi connectivity index (χ0v) is 15.1. The van der Waals surface area contributed by atoms with E-state index in [1.165, 1.54) is 11.3 Å². The number of thiazole rings is 1. The van der Waals surface area contributed by atoms with E-state index in [1.54, 1.807) is 55.0 Å². The fourth-order valence-corrected chi connectivity index (χ4v) is 3.77. The van der Waals surface area contributed by atoms with Crippen LogP contribution in [0.2, 0.25) is 0 Å². The number of benzene rings is 1. The number of hydrogen-bond donors (Lipinski definition) is 1. The zero-order valence-electron chi connectivity index (χ0n) is 14.3. The summed E-state index contributed by atoms with van der Waals surface area (Å²) in [6, 6.07) is 11.8. The van der Waals surface area contributed by atoms with Gasteiger partial charge in [0, 0.05) is 5.38 Å². The van der Waals surface area contributed by atoms with Gasteiger partial charge in [0.2, 0.25) is 0 Å². The number of urea groups is 1. The Bertz CT molecular complexity index is 1070. The van der Waals surface area contributed by atoms with Gasteiger partial charge >= 0.3 is 6.03 Å². The second-order valence-electron chi connectivity index (χ2n) is 6.26. The van der Waals surface area contributed by atoms with Crippen molar-refractivity contribution in [3.8, 4) is 16.8 Å². The van der Waals surface area contributed by atoms with Crippen LogP contribution in [0.15, 0.2) is 52.5 Å². The summed E-state index contributed by atoms with van der Waals surface area (Å²) in [6.07, 6.45) is 1.56. The van der Waals surface area contributed by atoms with Crippen LogP contribution < -0.4 is 5.32 Å². The maximum Gasteiger partial charge on any atom is 0.325 e. The summed E-state index contributed by atoms with van der Waals surface area (Å²) in [7, 11) is 0. The molecule has 1 aromatic carbocycles. The molecule has 0 radical (unpaired) electrons. The normalized spacial score (nSPS) is 19.2. The van der Waals surface area contributed by atoms with Gasteiger partial charge in [0.05, 0.1) is 30.1 Å². The molecule has 3 heterocycles. The number of nitriles is 1. The Hall–Kier alpha value is -3.44. The minimum absolute atomic E-state index is 0.0649. The van der Waals surface area contributed by atoms with Crippen LogP contribution in [0.4, 0.5) is 4.79 Å². The van der Waals surface area contributed by atoms with Crippen molar-refractivity contribution in [2.75, 3.05) is 0 Å². The third-order valence-corrected chi connectivity index (χ3v) is 5.35. The molecule has 0 bridgehead atoms. The summed E-state index contributed by atoms with van der Waals surface area (Å²) < 4.78 is 5.32. The molecule has 1 aliphatic rings. The summed E-state index contributed by atoms with van der Waals surface area (Å²) in [5, 5.41) is 14.3. The molecule has 4 rings (SSSR count). The lowest BCUT2D eigenvalue weighted by molar-refractivity contribution is -0.131. The van der Waals surface area contributed by atoms with Crippen LogP contribution in [0.1, 0.15) is 23.7 Å². The Balaban J connectivity index is 1.59. The van der Waals surface area contributed by atoms with Gasteiger partial charge in [-0.15, -0.1) is 11.3 Å². The average molecular weight is 378 g/mol. The molecule has 3 amide bonds. The molecule has 1 aliphatic heterocycles. The number of amides is 3. The number of nitrogens with zero attached hydrogens (tertiary/aromatic N) is 3. The Morgan fingerprint density at radius 3 is 2.93 bits per heavy atom. The van der Waals surface area contributed by atoms with Crippen molar-refractivity contribution in [2.45, 2.75) is 19.0 Å². The van der Waals surface area contributed by atoms with Gasteiger partial charge in [0.15, 0.2) is 10.8 Å². The highest BCUT2D eigenvalue weighted by atomic mass is 32.1. The number of furan rings is 1. The summed E-state index contributed by atoms with van der Waals surface area (Å²) >= 11 is 1.38. The largest absolute Gasteiger partial charge is 0.462 e. The van der Waals surface area contributed by atoms with E-state index in [4.69, 9.17) is 9.68 Å². The quantitative estimate of drug-likeness (QED) is 0.703. The number of nitrogens with one attached hydrogen (secondary N) is 1. The van der Waals surface area contributed by atoms with Crippen LogP contribution in [0.5, 0.6) is 0 Å². The minimum Gasteiger partial charge on any atom is -0.462 e. The van der Waals surface area contributed by atoms with E-state index in [-0.39, 0.29) is 12.5 Å². The molecule has 1 saturated heterocycles. The van der Waals surface area contributed by atoms with Gasteiger partial charge in [0.1, 0.15) is 5.54 Å². The predicted octanol–water partition coefficient (Wildman–Crippen LogP) is 3.24. The van der Waals surface area contributed by atoms with E-state index in [1.807, 2.05) is 6.07 Å². The second kappa shape index (κ2) is 6.37. The van der Waals surface area contributed by atoms with Crippen LogP contribution >= 0.6 is 11.3 Å². The fraction of sp³-hybridized carbons (Fsp3) is 0.158. The molecule has 8 heteroatoms. The second-order valence-corrected chi connectivity index (χ2v) is 7.12. The van der Waals surface area contributed by atoms with Gasteiger partial charge in [-0.2, -0.15) is 5.26 Å². The maximum absolute atomic E-state index is 13.0. The molecule has 27 heavy (non-hydrogen) atoms. The molecule has 1 atom stereocenters. The van der Waals surface area contributed by atoms with E-state index in [0.29, 0.717) is 27.6 Å². The van der Waals surface area contributed by atoms with E-state index in [2.05, 4.69) is 10.3 Å². The minimum atomic E-state index is -1.22. The van der Waals surface area contributed by atoms with Gasteiger partial charge in [-0.3, -0.25) is 9.69 Å². The Morgan fingerprint density at radius 1 is 1.33 bits per heavy atom. The van der Waals surface area contributed by atoms with Crippen molar-refractivity contribution in [3.05, 3.63) is 64.9 Å². The van der Waals surface area contributed by atoms with Gasteiger partial charge < -0.3 is 9.73 Å². The lowest BCUT2D eigenvalue weighted by Gasteiger charge is -2.22. The number of rotatable bonds is 4. The van der Waals surface area contributed by atoms with Crippen molar-refractivity contribution < 1.29 is 14.0 Å². The number of aromatic nitrogens is 1. The smallest absolute Gasteiger partial charge is 0.325 e. The van der Waals surface area contributed by atoms with Crippen molar-refractivity contribution in [2.24, 2.45) is 0 Å². The molecule has 1 N–H and O–H groups in total. The Labute approximate surface area is 158 Å². The third-order valence-electron chi connectivity index (χ3n) is 4.45. The molecular weight excluding hydrogens is 364 g/mol. The first-order valence-corrected chi connectivity index (χ1v) is 9.02. The maximum atomic E-state index is 13.0. The summed E-state index contributed by atoms with van der Waals surface area (Å²) in [5.41, 5.74) is 0.378. The monoisotopic (exact) mass is 378 g/mol. The van der Waals surface area contributed by atoms with E-state index < -0.39 is 11.6 Å². The first-order valence-electron chi connectivity index (χ1n) is 8.14. The zero-order chi connectivity index (χ0) is 19.0. The van der Waals surface area contributed by atoms with Crippen LogP contribution in [0.25, 0.3) is 10.8 Å². The van der Waals surface area contributed by atoms with Crippen molar-refractivity contribution in [3.63, 3.8) is 0 Å². The van der Waals surface area contributed by atoms with E-state index in [9.17, 15) is 9.59 Å². The molecule has 0 spiro atoms. The summed E-state index contributed by atoms with van der Waals surface area (Å²) in [6.45, 7) is 1.70. The molecule has 0 unspecified atom stereocenters. The van der Waals surface area contributed by atoms with Gasteiger partial charge in [-0.25, -0.2) is 9.78 Å². The van der Waals surface area contributed by atoms with Crippen LogP contribution in [0.3, 0.4) is 0 Å². The number of carbonyl (C=O) groups excluding carboxylic acids is 2. The number of carbonyl (C=O) groups is 2. The van der Waals surface area contributed by atoms with Crippen LogP contribution in [0, 0.1) is 11.3 Å². The average Bonchev–Trinajstić information content (AvgIpc) is 3.40. The topological polar surface area (TPSA) is 99.2 Å². The highest BCUT2D eigenvalue weighted by Crippen LogP contribution is 2.31. The molecule has 7 nitrogen and oxygen atoms in total. The molecule has 3 aromatic rings. The number of hydrogen-bond acceptors (Lipinski definition) is 6. The van der Waals surface area contributed by atoms with Crippen molar-refractivity contribution in [1.82, 2.24) is 15.2 Å². The van der Waals surface area contributed by atoms with Crippen LogP contribution in [-0.4, -0.2) is 21.8 Å². The lowest BCUT2D eigenvalue weighted by atomic mass is 9.91. The highest BCUT2D eigenvalue weighted by molar-refractivity contribution is 7.13. The lowest BCUT2D eigenvalue weighted by Crippen LogP contribution is -2.40. The Kier molecular flexibility index (Phi) is 4.01. The molecule has 0 aliphatic carbocycles. The molecule has 0 saturated carbocycles. The standard InChI is InChI=1S/C19H14N4O3S/c1-19(13-5-2-4-12(8-13)9-20)17(24)23(18(25)22-19)10-14-11-27-16(21-14)15-6-3-7-26-15/h2-8,11H,10H2,1H3,(H,22,25)/t19-/m1/s1. The molecular formula is C19H14N4O3S. The Morgan fingerprint density at radius 2 is 2.19 bits per heavy atom. The third kappa shape index (κ3) is 2.88. The first-order chi connectivity index (χ1) is 13.0. The van der Waals surface area contributed by atoms with Gasteiger partial charge in [-0.05, 0) is 36.8 Å². The molecule has 134 valence electrons. The summed E-state index contributed by atoms with van der Waals surface area (Å²) in [5.74, 6) is 0.261. The van der Waals surface area contributed by atoms with E-state index in [0.717, 1.165) is 4.90 Å². The molecule has 1 fully saturated rings. The fourth-order valence-electron chi connectivity index (χ4n) is 2.99. The first kappa shape index (κ1) is 17.0. The van der Waals surface area contributed by atoms with E-state index >= 15 is 0 Å². The molecule has 2 aromatic heterocycles. The van der Waals surface area contributed by atoms with Crippen LogP contribution in [-0.2, 0) is 16.9 Å². The van der Waals surface area contributed by atoms with Crippen molar-refractivity contribution >= 4 is 23.3 Å². The van der Waals surface area contributed by atoms with Crippen molar-refractivity contribution in [1.29, 1.82) is 5.26 Å². The summed E-state index contributed by atoms with van der Waals surface area (Å²) in [4.78, 5) is 31.0. The predicted molar refractivity (Wildman–Crippen MR) is 97.4 cm³/mol.